The molecule has 0 unspecified atom stereocenters. The highest BCUT2D eigenvalue weighted by Gasteiger charge is 2.08. The Morgan fingerprint density at radius 2 is 2.07 bits per heavy atom. The van der Waals surface area contributed by atoms with Gasteiger partial charge in [0.2, 0.25) is 0 Å². The van der Waals surface area contributed by atoms with E-state index >= 15 is 0 Å². The van der Waals surface area contributed by atoms with Gasteiger partial charge in [0.05, 0.1) is 5.02 Å². The minimum absolute atomic E-state index is 0.00639. The zero-order valence-electron chi connectivity index (χ0n) is 7.67. The van der Waals surface area contributed by atoms with E-state index in [0.29, 0.717) is 16.1 Å². The molecular formula is C12H7ClFO. The number of aromatic hydroxyl groups is 1. The van der Waals surface area contributed by atoms with Gasteiger partial charge in [-0.3, -0.25) is 0 Å². The topological polar surface area (TPSA) is 20.2 Å². The third-order valence-corrected chi connectivity index (χ3v) is 2.34. The third-order valence-electron chi connectivity index (χ3n) is 2.04. The zero-order valence-corrected chi connectivity index (χ0v) is 8.42. The van der Waals surface area contributed by atoms with Crippen LogP contribution in [0.2, 0.25) is 5.02 Å². The molecule has 1 nitrogen and oxygen atoms in total. The number of phenols is 1. The molecule has 0 aliphatic carbocycles. The SMILES string of the molecule is Oc1c[c]cc(Cl)c1-c1cccc(F)c1. The van der Waals surface area contributed by atoms with E-state index in [1.54, 1.807) is 12.1 Å². The van der Waals surface area contributed by atoms with Gasteiger partial charge in [-0.1, -0.05) is 23.7 Å². The van der Waals surface area contributed by atoms with Crippen LogP contribution < -0.4 is 0 Å². The molecule has 1 N–H and O–H groups in total. The summed E-state index contributed by atoms with van der Waals surface area (Å²) in [4.78, 5) is 0. The first-order valence-electron chi connectivity index (χ1n) is 4.33. The number of hydrogen-bond acceptors (Lipinski definition) is 1. The fourth-order valence-corrected chi connectivity index (χ4v) is 1.66. The molecule has 0 saturated heterocycles. The Balaban J connectivity index is 2.63. The molecule has 3 heteroatoms. The lowest BCUT2D eigenvalue weighted by atomic mass is 10.0. The van der Waals surface area contributed by atoms with E-state index < -0.39 is 0 Å². The standard InChI is InChI=1S/C12H7ClFO/c13-10-5-2-6-11(15)12(10)8-3-1-4-9(14)7-8/h1,3-7,15H. The summed E-state index contributed by atoms with van der Waals surface area (Å²) in [6.07, 6.45) is 0. The molecular weight excluding hydrogens is 215 g/mol. The molecule has 0 fully saturated rings. The Hall–Kier alpha value is -1.54. The summed E-state index contributed by atoms with van der Waals surface area (Å²) < 4.78 is 13.0. The number of phenolic OH excluding ortho intramolecular Hbond substituents is 1. The summed E-state index contributed by atoms with van der Waals surface area (Å²) >= 11 is 5.90. The zero-order chi connectivity index (χ0) is 10.8. The molecule has 0 heterocycles. The number of hydrogen-bond donors (Lipinski definition) is 1. The van der Waals surface area contributed by atoms with Crippen molar-refractivity contribution in [2.75, 3.05) is 0 Å². The van der Waals surface area contributed by atoms with Gasteiger partial charge in [-0.15, -0.1) is 0 Å². The first kappa shape index (κ1) is 9.99. The maximum atomic E-state index is 13.0. The molecule has 0 amide bonds. The van der Waals surface area contributed by atoms with Crippen LogP contribution in [0.5, 0.6) is 5.75 Å². The van der Waals surface area contributed by atoms with Crippen LogP contribution in [-0.4, -0.2) is 5.11 Å². The number of halogens is 2. The van der Waals surface area contributed by atoms with Crippen LogP contribution in [0, 0.1) is 11.9 Å². The van der Waals surface area contributed by atoms with Gasteiger partial charge in [0.1, 0.15) is 11.6 Å². The van der Waals surface area contributed by atoms with E-state index in [-0.39, 0.29) is 11.6 Å². The lowest BCUT2D eigenvalue weighted by Gasteiger charge is -2.06. The highest BCUT2D eigenvalue weighted by molar-refractivity contribution is 6.33. The van der Waals surface area contributed by atoms with Gasteiger partial charge >= 0.3 is 0 Å². The molecule has 0 aromatic heterocycles. The average Bonchev–Trinajstić information content (AvgIpc) is 2.17. The predicted octanol–water partition coefficient (Wildman–Crippen LogP) is 3.65. The maximum absolute atomic E-state index is 13.0. The Morgan fingerprint density at radius 3 is 2.73 bits per heavy atom. The normalized spacial score (nSPS) is 10.3. The summed E-state index contributed by atoms with van der Waals surface area (Å²) in [5.74, 6) is -0.371. The van der Waals surface area contributed by atoms with Gasteiger partial charge in [0.15, 0.2) is 0 Å². The quantitative estimate of drug-likeness (QED) is 0.779. The van der Waals surface area contributed by atoms with Crippen molar-refractivity contribution in [2.24, 2.45) is 0 Å². The first-order valence-corrected chi connectivity index (χ1v) is 4.71. The van der Waals surface area contributed by atoms with Crippen LogP contribution >= 0.6 is 11.6 Å². The van der Waals surface area contributed by atoms with Gasteiger partial charge < -0.3 is 5.11 Å². The van der Waals surface area contributed by atoms with E-state index in [9.17, 15) is 9.50 Å². The van der Waals surface area contributed by atoms with Gasteiger partial charge in [-0.25, -0.2) is 4.39 Å². The summed E-state index contributed by atoms with van der Waals surface area (Å²) in [6, 6.07) is 11.5. The van der Waals surface area contributed by atoms with Gasteiger partial charge in [-0.05, 0) is 35.9 Å². The Morgan fingerprint density at radius 1 is 1.27 bits per heavy atom. The minimum Gasteiger partial charge on any atom is -0.507 e. The largest absolute Gasteiger partial charge is 0.507 e. The summed E-state index contributed by atoms with van der Waals surface area (Å²) in [5, 5.41) is 9.95. The molecule has 2 aromatic carbocycles. The Bertz CT molecular complexity index is 476. The molecule has 2 aromatic rings. The van der Waals surface area contributed by atoms with Crippen LogP contribution in [0.4, 0.5) is 4.39 Å². The highest BCUT2D eigenvalue weighted by atomic mass is 35.5. The highest BCUT2D eigenvalue weighted by Crippen LogP contribution is 2.35. The number of benzene rings is 2. The predicted molar refractivity (Wildman–Crippen MR) is 57.3 cm³/mol. The molecule has 0 spiro atoms. The van der Waals surface area contributed by atoms with Crippen molar-refractivity contribution in [1.82, 2.24) is 0 Å². The van der Waals surface area contributed by atoms with Crippen LogP contribution in [-0.2, 0) is 0 Å². The van der Waals surface area contributed by atoms with Crippen LogP contribution in [0.1, 0.15) is 0 Å². The second-order valence-corrected chi connectivity index (χ2v) is 3.48. The van der Waals surface area contributed by atoms with Crippen molar-refractivity contribution in [3.8, 4) is 16.9 Å². The molecule has 0 atom stereocenters. The van der Waals surface area contributed by atoms with E-state index in [2.05, 4.69) is 6.07 Å². The molecule has 0 bridgehead atoms. The van der Waals surface area contributed by atoms with Crippen LogP contribution in [0.15, 0.2) is 36.4 Å². The smallest absolute Gasteiger partial charge is 0.125 e. The van der Waals surface area contributed by atoms with Crippen LogP contribution in [0.25, 0.3) is 11.1 Å². The lowest BCUT2D eigenvalue weighted by Crippen LogP contribution is -1.82. The summed E-state index contributed by atoms with van der Waals surface area (Å²) in [7, 11) is 0. The van der Waals surface area contributed by atoms with E-state index in [1.807, 2.05) is 0 Å². The van der Waals surface area contributed by atoms with Crippen molar-refractivity contribution < 1.29 is 9.50 Å². The minimum atomic E-state index is -0.365. The monoisotopic (exact) mass is 221 g/mol. The van der Waals surface area contributed by atoms with Gasteiger partial charge in [0, 0.05) is 5.56 Å². The molecule has 0 aliphatic rings. The summed E-state index contributed by atoms with van der Waals surface area (Å²) in [6.45, 7) is 0. The van der Waals surface area contributed by atoms with Crippen molar-refractivity contribution in [1.29, 1.82) is 0 Å². The fraction of sp³-hybridized carbons (Fsp3) is 0. The van der Waals surface area contributed by atoms with E-state index in [0.717, 1.165) is 0 Å². The Kier molecular flexibility index (Phi) is 2.60. The first-order chi connectivity index (χ1) is 7.18. The van der Waals surface area contributed by atoms with Crippen molar-refractivity contribution in [2.45, 2.75) is 0 Å². The molecule has 0 saturated carbocycles. The van der Waals surface area contributed by atoms with Crippen molar-refractivity contribution in [3.05, 3.63) is 53.3 Å². The lowest BCUT2D eigenvalue weighted by molar-refractivity contribution is 0.477. The molecule has 15 heavy (non-hydrogen) atoms. The van der Waals surface area contributed by atoms with E-state index in [4.69, 9.17) is 11.6 Å². The third kappa shape index (κ3) is 1.95. The van der Waals surface area contributed by atoms with Gasteiger partial charge in [-0.2, -0.15) is 0 Å². The second kappa shape index (κ2) is 3.91. The van der Waals surface area contributed by atoms with Crippen molar-refractivity contribution >= 4 is 11.6 Å². The van der Waals surface area contributed by atoms with E-state index in [1.165, 1.54) is 24.3 Å². The van der Waals surface area contributed by atoms with Crippen molar-refractivity contribution in [3.63, 3.8) is 0 Å². The van der Waals surface area contributed by atoms with Crippen LogP contribution in [0.3, 0.4) is 0 Å². The molecule has 0 aliphatic heterocycles. The summed E-state index contributed by atoms with van der Waals surface area (Å²) in [5.41, 5.74) is 0.974. The fourth-order valence-electron chi connectivity index (χ4n) is 1.39. The molecule has 75 valence electrons. The molecule has 2 rings (SSSR count). The average molecular weight is 222 g/mol. The second-order valence-electron chi connectivity index (χ2n) is 3.07. The molecule has 1 radical (unpaired) electrons. The van der Waals surface area contributed by atoms with Gasteiger partial charge in [0.25, 0.3) is 0 Å². The maximum Gasteiger partial charge on any atom is 0.125 e. The number of rotatable bonds is 1. The Labute approximate surface area is 91.8 Å².